The zero-order valence-corrected chi connectivity index (χ0v) is 16.8. The molecule has 0 spiro atoms. The summed E-state index contributed by atoms with van der Waals surface area (Å²) in [6, 6.07) is 10.7. The van der Waals surface area contributed by atoms with Crippen molar-refractivity contribution in [2.45, 2.75) is 6.18 Å². The summed E-state index contributed by atoms with van der Waals surface area (Å²) in [7, 11) is -4.01. The van der Waals surface area contributed by atoms with Gasteiger partial charge in [0.05, 0.1) is 23.7 Å². The van der Waals surface area contributed by atoms with Gasteiger partial charge in [0.25, 0.3) is 5.91 Å². The largest absolute Gasteiger partial charge is 0.416 e. The molecule has 6 nitrogen and oxygen atoms in total. The van der Waals surface area contributed by atoms with Gasteiger partial charge in [-0.25, -0.2) is 13.8 Å². The second-order valence-electron chi connectivity index (χ2n) is 5.66. The van der Waals surface area contributed by atoms with Gasteiger partial charge in [-0.05, 0) is 35.9 Å². The first kappa shape index (κ1) is 21.9. The fraction of sp³-hybridized carbons (Fsp3) is 0.176. The second-order valence-corrected chi connectivity index (χ2v) is 8.48. The standard InChI is InChI=1S/C17H15BrF3N3O3S/c1-28(26,27)24(15-4-2-3-13(9-15)17(19,20)21)11-16(25)23-22-10-12-5-7-14(18)8-6-12/h2-10H,11H2,1H3,(H,23,25)/b22-10-. The van der Waals surface area contributed by atoms with Crippen LogP contribution in [0.25, 0.3) is 0 Å². The number of hydrazone groups is 1. The molecule has 0 fully saturated rings. The summed E-state index contributed by atoms with van der Waals surface area (Å²) < 4.78 is 64.0. The van der Waals surface area contributed by atoms with Crippen molar-refractivity contribution >= 4 is 43.8 Å². The van der Waals surface area contributed by atoms with E-state index in [4.69, 9.17) is 0 Å². The zero-order chi connectivity index (χ0) is 20.9. The highest BCUT2D eigenvalue weighted by Gasteiger charge is 2.31. The number of benzene rings is 2. The zero-order valence-electron chi connectivity index (χ0n) is 14.4. The van der Waals surface area contributed by atoms with Gasteiger partial charge in [0.1, 0.15) is 6.54 Å². The van der Waals surface area contributed by atoms with Crippen molar-refractivity contribution in [3.05, 3.63) is 64.1 Å². The van der Waals surface area contributed by atoms with Crippen molar-refractivity contribution in [1.29, 1.82) is 0 Å². The molecule has 150 valence electrons. The predicted octanol–water partition coefficient (Wildman–Crippen LogP) is 3.38. The Kier molecular flexibility index (Phi) is 6.83. The fourth-order valence-corrected chi connectivity index (χ4v) is 3.24. The van der Waals surface area contributed by atoms with Gasteiger partial charge in [-0.3, -0.25) is 9.10 Å². The number of carbonyl (C=O) groups is 1. The lowest BCUT2D eigenvalue weighted by molar-refractivity contribution is -0.137. The van der Waals surface area contributed by atoms with Gasteiger partial charge in [-0.1, -0.05) is 34.1 Å². The summed E-state index contributed by atoms with van der Waals surface area (Å²) in [6.07, 6.45) is -2.50. The van der Waals surface area contributed by atoms with E-state index in [0.717, 1.165) is 22.9 Å². The van der Waals surface area contributed by atoms with Crippen LogP contribution in [0, 0.1) is 0 Å². The highest BCUT2D eigenvalue weighted by molar-refractivity contribution is 9.10. The maximum absolute atomic E-state index is 12.9. The third kappa shape index (κ3) is 6.34. The number of amides is 1. The molecule has 0 bridgehead atoms. The molecule has 0 aliphatic rings. The van der Waals surface area contributed by atoms with Crippen molar-refractivity contribution in [2.24, 2.45) is 5.10 Å². The van der Waals surface area contributed by atoms with Gasteiger partial charge >= 0.3 is 6.18 Å². The fourth-order valence-electron chi connectivity index (χ4n) is 2.13. The lowest BCUT2D eigenvalue weighted by Crippen LogP contribution is -2.39. The number of hydrogen-bond acceptors (Lipinski definition) is 4. The van der Waals surface area contributed by atoms with Crippen molar-refractivity contribution < 1.29 is 26.4 Å². The quantitative estimate of drug-likeness (QED) is 0.511. The molecule has 0 unspecified atom stereocenters. The number of hydrogen-bond donors (Lipinski definition) is 1. The van der Waals surface area contributed by atoms with Gasteiger partial charge in [0.15, 0.2) is 0 Å². The Hall–Kier alpha value is -2.40. The number of sulfonamides is 1. The van der Waals surface area contributed by atoms with Crippen LogP contribution in [-0.2, 0) is 21.0 Å². The van der Waals surface area contributed by atoms with E-state index in [9.17, 15) is 26.4 Å². The summed E-state index contributed by atoms with van der Waals surface area (Å²) in [5, 5.41) is 3.72. The second kappa shape index (κ2) is 8.74. The van der Waals surface area contributed by atoms with E-state index in [1.54, 1.807) is 24.3 Å². The SMILES string of the molecule is CS(=O)(=O)N(CC(=O)N/N=C\c1ccc(Br)cc1)c1cccc(C(F)(F)F)c1. The Balaban J connectivity index is 2.14. The number of halogens is 4. The molecule has 11 heteroatoms. The minimum absolute atomic E-state index is 0.274. The topological polar surface area (TPSA) is 78.8 Å². The minimum Gasteiger partial charge on any atom is -0.271 e. The van der Waals surface area contributed by atoms with Crippen LogP contribution >= 0.6 is 15.9 Å². The van der Waals surface area contributed by atoms with Gasteiger partial charge in [-0.2, -0.15) is 18.3 Å². The number of alkyl halides is 3. The van der Waals surface area contributed by atoms with Crippen LogP contribution in [0.5, 0.6) is 0 Å². The first-order chi connectivity index (χ1) is 13.0. The molecule has 0 aromatic heterocycles. The predicted molar refractivity (Wildman–Crippen MR) is 104 cm³/mol. The molecule has 2 aromatic carbocycles. The molecular formula is C17H15BrF3N3O3S. The van der Waals surface area contributed by atoms with E-state index in [1.165, 1.54) is 12.3 Å². The summed E-state index contributed by atoms with van der Waals surface area (Å²) in [6.45, 7) is -0.724. The summed E-state index contributed by atoms with van der Waals surface area (Å²) >= 11 is 3.27. The first-order valence-electron chi connectivity index (χ1n) is 7.69. The average Bonchev–Trinajstić information content (AvgIpc) is 2.60. The molecule has 2 aromatic rings. The van der Waals surface area contributed by atoms with Crippen LogP contribution in [0.2, 0.25) is 0 Å². The van der Waals surface area contributed by atoms with E-state index < -0.39 is 34.2 Å². The lowest BCUT2D eigenvalue weighted by atomic mass is 10.2. The molecular weight excluding hydrogens is 463 g/mol. The van der Waals surface area contributed by atoms with Crippen LogP contribution in [-0.4, -0.2) is 33.3 Å². The van der Waals surface area contributed by atoms with Gasteiger partial charge < -0.3 is 0 Å². The molecule has 0 saturated carbocycles. The van der Waals surface area contributed by atoms with Crippen LogP contribution in [0.15, 0.2) is 58.1 Å². The van der Waals surface area contributed by atoms with Gasteiger partial charge in [0, 0.05) is 4.47 Å². The van der Waals surface area contributed by atoms with Crippen LogP contribution in [0.4, 0.5) is 18.9 Å². The Morgan fingerprint density at radius 1 is 1.21 bits per heavy atom. The first-order valence-corrected chi connectivity index (χ1v) is 10.3. The van der Waals surface area contributed by atoms with Crippen LogP contribution in [0.3, 0.4) is 0 Å². The molecule has 0 heterocycles. The normalized spacial score (nSPS) is 12.2. The molecule has 1 N–H and O–H groups in total. The van der Waals surface area contributed by atoms with Crippen LogP contribution < -0.4 is 9.73 Å². The van der Waals surface area contributed by atoms with E-state index in [2.05, 4.69) is 26.5 Å². The number of nitrogens with zero attached hydrogens (tertiary/aromatic N) is 2. The van der Waals surface area contributed by atoms with E-state index in [-0.39, 0.29) is 5.69 Å². The Labute approximate surface area is 168 Å². The Morgan fingerprint density at radius 3 is 2.43 bits per heavy atom. The number of carbonyl (C=O) groups excluding carboxylic acids is 1. The maximum Gasteiger partial charge on any atom is 0.416 e. The Bertz CT molecular complexity index is 977. The molecule has 28 heavy (non-hydrogen) atoms. The number of rotatable bonds is 6. The molecule has 0 radical (unpaired) electrons. The van der Waals surface area contributed by atoms with Gasteiger partial charge in [-0.15, -0.1) is 0 Å². The summed E-state index contributed by atoms with van der Waals surface area (Å²) in [5.41, 5.74) is 1.54. The molecule has 0 saturated heterocycles. The summed E-state index contributed by atoms with van der Waals surface area (Å²) in [5.74, 6) is -0.809. The highest BCUT2D eigenvalue weighted by atomic mass is 79.9. The molecule has 0 atom stereocenters. The van der Waals surface area contributed by atoms with Crippen LogP contribution in [0.1, 0.15) is 11.1 Å². The third-order valence-electron chi connectivity index (χ3n) is 3.42. The molecule has 0 aliphatic heterocycles. The van der Waals surface area contributed by atoms with Crippen molar-refractivity contribution in [1.82, 2.24) is 5.43 Å². The molecule has 1 amide bonds. The molecule has 0 aliphatic carbocycles. The maximum atomic E-state index is 12.9. The van der Waals surface area contributed by atoms with Gasteiger partial charge in [0.2, 0.25) is 10.0 Å². The number of nitrogens with one attached hydrogen (secondary N) is 1. The monoisotopic (exact) mass is 477 g/mol. The van der Waals surface area contributed by atoms with E-state index in [0.29, 0.717) is 15.9 Å². The van der Waals surface area contributed by atoms with Crippen molar-refractivity contribution in [3.63, 3.8) is 0 Å². The third-order valence-corrected chi connectivity index (χ3v) is 5.09. The van der Waals surface area contributed by atoms with E-state index >= 15 is 0 Å². The smallest absolute Gasteiger partial charge is 0.271 e. The lowest BCUT2D eigenvalue weighted by Gasteiger charge is -2.22. The summed E-state index contributed by atoms with van der Waals surface area (Å²) in [4.78, 5) is 12.0. The van der Waals surface area contributed by atoms with E-state index in [1.807, 2.05) is 0 Å². The van der Waals surface area contributed by atoms with Crippen molar-refractivity contribution in [2.75, 3.05) is 17.1 Å². The highest BCUT2D eigenvalue weighted by Crippen LogP contribution is 2.32. The minimum atomic E-state index is -4.64. The average molecular weight is 478 g/mol. The molecule has 2 rings (SSSR count). The Morgan fingerprint density at radius 2 is 1.86 bits per heavy atom. The number of anilines is 1. The van der Waals surface area contributed by atoms with Crippen molar-refractivity contribution in [3.8, 4) is 0 Å².